The predicted molar refractivity (Wildman–Crippen MR) is 80.5 cm³/mol. The van der Waals surface area contributed by atoms with Gasteiger partial charge in [-0.2, -0.15) is 0 Å². The molecule has 1 aromatic heterocycles. The molecule has 21 heavy (non-hydrogen) atoms. The summed E-state index contributed by atoms with van der Waals surface area (Å²) in [5.74, 6) is -0.814. The molecule has 0 fully saturated rings. The minimum absolute atomic E-state index is 0.0285. The summed E-state index contributed by atoms with van der Waals surface area (Å²) in [5, 5.41) is 8.91. The van der Waals surface area contributed by atoms with Gasteiger partial charge in [-0.05, 0) is 42.3 Å². The van der Waals surface area contributed by atoms with Crippen molar-refractivity contribution in [1.29, 1.82) is 0 Å². The van der Waals surface area contributed by atoms with Crippen molar-refractivity contribution < 1.29 is 14.7 Å². The number of hydrogen-bond acceptors (Lipinski definition) is 4. The van der Waals surface area contributed by atoms with Crippen LogP contribution in [0.5, 0.6) is 0 Å². The maximum Gasteiger partial charge on any atom is 0.354 e. The van der Waals surface area contributed by atoms with Crippen LogP contribution in [0.15, 0.2) is 41.4 Å². The van der Waals surface area contributed by atoms with Gasteiger partial charge < -0.3 is 10.8 Å². The van der Waals surface area contributed by atoms with Crippen LogP contribution in [0.4, 0.5) is 0 Å². The van der Waals surface area contributed by atoms with E-state index in [0.717, 1.165) is 16.0 Å². The van der Waals surface area contributed by atoms with Crippen LogP contribution >= 0.6 is 11.8 Å². The van der Waals surface area contributed by atoms with Crippen LogP contribution < -0.4 is 5.73 Å². The van der Waals surface area contributed by atoms with Gasteiger partial charge in [0, 0.05) is 22.4 Å². The van der Waals surface area contributed by atoms with Gasteiger partial charge in [-0.15, -0.1) is 11.8 Å². The van der Waals surface area contributed by atoms with E-state index >= 15 is 0 Å². The molecule has 3 N–H and O–H groups in total. The number of carboxylic acids is 1. The summed E-state index contributed by atoms with van der Waals surface area (Å²) in [7, 11) is 0. The maximum absolute atomic E-state index is 11.1. The summed E-state index contributed by atoms with van der Waals surface area (Å²) < 4.78 is 0. The van der Waals surface area contributed by atoms with Gasteiger partial charge in [-0.1, -0.05) is 6.07 Å². The van der Waals surface area contributed by atoms with Crippen LogP contribution in [0, 0.1) is 6.92 Å². The van der Waals surface area contributed by atoms with E-state index in [1.165, 1.54) is 18.0 Å². The monoisotopic (exact) mass is 302 g/mol. The molecule has 0 bridgehead atoms. The largest absolute Gasteiger partial charge is 0.477 e. The quantitative estimate of drug-likeness (QED) is 0.828. The average Bonchev–Trinajstić information content (AvgIpc) is 2.46. The molecule has 0 aliphatic rings. The predicted octanol–water partition coefficient (Wildman–Crippen LogP) is 2.48. The standard InChI is InChI=1S/C15H14N2O3S/c1-9-6-10(14(16)18)2-3-11(9)8-21-12-4-5-17-13(7-12)15(19)20/h2-7H,8H2,1H3,(H2,16,18)(H,19,20). The van der Waals surface area contributed by atoms with Crippen LogP contribution in [0.3, 0.4) is 0 Å². The Labute approximate surface area is 126 Å². The van der Waals surface area contributed by atoms with Crippen molar-refractivity contribution >= 4 is 23.6 Å². The lowest BCUT2D eigenvalue weighted by molar-refractivity contribution is 0.0690. The van der Waals surface area contributed by atoms with E-state index in [9.17, 15) is 9.59 Å². The highest BCUT2D eigenvalue weighted by atomic mass is 32.2. The topological polar surface area (TPSA) is 93.3 Å². The van der Waals surface area contributed by atoms with E-state index in [0.29, 0.717) is 11.3 Å². The fourth-order valence-electron chi connectivity index (χ4n) is 1.79. The Morgan fingerprint density at radius 1 is 1.29 bits per heavy atom. The van der Waals surface area contributed by atoms with Crippen molar-refractivity contribution in [1.82, 2.24) is 4.98 Å². The summed E-state index contributed by atoms with van der Waals surface area (Å²) in [5.41, 5.74) is 7.80. The Hall–Kier alpha value is -2.34. The van der Waals surface area contributed by atoms with Crippen molar-refractivity contribution in [3.63, 3.8) is 0 Å². The zero-order valence-corrected chi connectivity index (χ0v) is 12.2. The minimum atomic E-state index is -1.04. The van der Waals surface area contributed by atoms with E-state index in [-0.39, 0.29) is 5.69 Å². The van der Waals surface area contributed by atoms with Crippen molar-refractivity contribution in [3.05, 3.63) is 58.9 Å². The van der Waals surface area contributed by atoms with Crippen LogP contribution in [0.1, 0.15) is 32.0 Å². The summed E-state index contributed by atoms with van der Waals surface area (Å²) >= 11 is 1.51. The average molecular weight is 302 g/mol. The van der Waals surface area contributed by atoms with Gasteiger partial charge in [0.1, 0.15) is 5.69 Å². The first kappa shape index (κ1) is 15.1. The first-order valence-corrected chi connectivity index (χ1v) is 7.17. The molecule has 2 aromatic rings. The van der Waals surface area contributed by atoms with E-state index in [1.807, 2.05) is 13.0 Å². The summed E-state index contributed by atoms with van der Waals surface area (Å²) in [6.45, 7) is 1.91. The van der Waals surface area contributed by atoms with Gasteiger partial charge in [-0.25, -0.2) is 9.78 Å². The highest BCUT2D eigenvalue weighted by molar-refractivity contribution is 7.98. The normalized spacial score (nSPS) is 10.3. The second-order valence-corrected chi connectivity index (χ2v) is 5.52. The number of aryl methyl sites for hydroxylation is 1. The fraction of sp³-hybridized carbons (Fsp3) is 0.133. The molecule has 6 heteroatoms. The summed E-state index contributed by atoms with van der Waals surface area (Å²) in [6, 6.07) is 8.62. The molecular formula is C15H14N2O3S. The van der Waals surface area contributed by atoms with Crippen LogP contribution in [0.2, 0.25) is 0 Å². The Bertz CT molecular complexity index is 701. The molecule has 1 heterocycles. The fourth-order valence-corrected chi connectivity index (χ4v) is 2.79. The molecule has 0 saturated carbocycles. The van der Waals surface area contributed by atoms with Gasteiger partial charge in [0.2, 0.25) is 5.91 Å². The molecular weight excluding hydrogens is 288 g/mol. The second-order valence-electron chi connectivity index (χ2n) is 4.48. The lowest BCUT2D eigenvalue weighted by atomic mass is 10.1. The van der Waals surface area contributed by atoms with Crippen molar-refractivity contribution in [3.8, 4) is 0 Å². The lowest BCUT2D eigenvalue weighted by Gasteiger charge is -2.07. The first-order valence-electron chi connectivity index (χ1n) is 6.19. The van der Waals surface area contributed by atoms with Crippen molar-refractivity contribution in [2.24, 2.45) is 5.73 Å². The SMILES string of the molecule is Cc1cc(C(N)=O)ccc1CSc1ccnc(C(=O)O)c1. The van der Waals surface area contributed by atoms with E-state index in [1.54, 1.807) is 24.3 Å². The molecule has 1 aromatic carbocycles. The molecule has 5 nitrogen and oxygen atoms in total. The van der Waals surface area contributed by atoms with Gasteiger partial charge in [0.25, 0.3) is 0 Å². The molecule has 108 valence electrons. The van der Waals surface area contributed by atoms with Gasteiger partial charge in [0.05, 0.1) is 0 Å². The van der Waals surface area contributed by atoms with E-state index < -0.39 is 11.9 Å². The highest BCUT2D eigenvalue weighted by Gasteiger charge is 2.07. The van der Waals surface area contributed by atoms with Crippen LogP contribution in [0.25, 0.3) is 0 Å². The number of thioether (sulfide) groups is 1. The third-order valence-electron chi connectivity index (χ3n) is 2.97. The first-order chi connectivity index (χ1) is 9.97. The molecule has 0 radical (unpaired) electrons. The number of aromatic nitrogens is 1. The molecule has 0 aliphatic carbocycles. The van der Waals surface area contributed by atoms with Gasteiger partial charge in [-0.3, -0.25) is 4.79 Å². The van der Waals surface area contributed by atoms with Gasteiger partial charge in [0.15, 0.2) is 0 Å². The molecule has 0 saturated heterocycles. The molecule has 0 spiro atoms. The number of nitrogens with zero attached hydrogens (tertiary/aromatic N) is 1. The number of aromatic carboxylic acids is 1. The smallest absolute Gasteiger partial charge is 0.354 e. The highest BCUT2D eigenvalue weighted by Crippen LogP contribution is 2.25. The van der Waals surface area contributed by atoms with Crippen molar-refractivity contribution in [2.75, 3.05) is 0 Å². The maximum atomic E-state index is 11.1. The molecule has 0 aliphatic heterocycles. The Morgan fingerprint density at radius 3 is 2.67 bits per heavy atom. The van der Waals surface area contributed by atoms with Crippen LogP contribution in [-0.2, 0) is 5.75 Å². The number of primary amides is 1. The number of nitrogens with two attached hydrogens (primary N) is 1. The lowest BCUT2D eigenvalue weighted by Crippen LogP contribution is -2.11. The second kappa shape index (κ2) is 6.41. The number of rotatable bonds is 5. The Kier molecular flexibility index (Phi) is 4.59. The Balaban J connectivity index is 2.11. The number of carbonyl (C=O) groups is 2. The van der Waals surface area contributed by atoms with Gasteiger partial charge >= 0.3 is 5.97 Å². The molecule has 1 amide bonds. The van der Waals surface area contributed by atoms with Crippen LogP contribution in [-0.4, -0.2) is 22.0 Å². The summed E-state index contributed by atoms with van der Waals surface area (Å²) in [4.78, 5) is 26.6. The third-order valence-corrected chi connectivity index (χ3v) is 4.01. The number of amides is 1. The zero-order chi connectivity index (χ0) is 15.4. The molecule has 0 unspecified atom stereocenters. The molecule has 0 atom stereocenters. The number of benzene rings is 1. The molecule has 2 rings (SSSR count). The minimum Gasteiger partial charge on any atom is -0.477 e. The zero-order valence-electron chi connectivity index (χ0n) is 11.4. The van der Waals surface area contributed by atoms with Crippen molar-refractivity contribution in [2.45, 2.75) is 17.6 Å². The van der Waals surface area contributed by atoms with E-state index in [2.05, 4.69) is 4.98 Å². The number of pyridine rings is 1. The van der Waals surface area contributed by atoms with E-state index in [4.69, 9.17) is 10.8 Å². The number of hydrogen-bond donors (Lipinski definition) is 2. The number of carboxylic acid groups (broad SMARTS) is 1. The summed E-state index contributed by atoms with van der Waals surface area (Å²) in [6.07, 6.45) is 1.48. The number of carbonyl (C=O) groups excluding carboxylic acids is 1. The Morgan fingerprint density at radius 2 is 2.05 bits per heavy atom. The third kappa shape index (κ3) is 3.82.